The number of carbonyl (C=O) groups excluding carboxylic acids is 1. The predicted molar refractivity (Wildman–Crippen MR) is 75.1 cm³/mol. The second kappa shape index (κ2) is 6.03. The SMILES string of the molecule is CCC1SCC(C(=O)O)N1C(=O)NC(C)CC1CC1. The van der Waals surface area contributed by atoms with Gasteiger partial charge in [0.1, 0.15) is 6.04 Å². The number of nitrogens with zero attached hydrogens (tertiary/aromatic N) is 1. The van der Waals surface area contributed by atoms with E-state index in [4.69, 9.17) is 0 Å². The van der Waals surface area contributed by atoms with Gasteiger partial charge in [0.25, 0.3) is 0 Å². The largest absolute Gasteiger partial charge is 0.480 e. The molecule has 19 heavy (non-hydrogen) atoms. The Balaban J connectivity index is 1.94. The third-order valence-electron chi connectivity index (χ3n) is 3.72. The Morgan fingerprint density at radius 2 is 2.16 bits per heavy atom. The van der Waals surface area contributed by atoms with Gasteiger partial charge in [0.05, 0.1) is 5.37 Å². The Bertz CT molecular complexity index is 360. The summed E-state index contributed by atoms with van der Waals surface area (Å²) < 4.78 is 0. The molecule has 0 aromatic heterocycles. The molecule has 3 atom stereocenters. The van der Waals surface area contributed by atoms with Crippen LogP contribution in [0.1, 0.15) is 39.5 Å². The van der Waals surface area contributed by atoms with Gasteiger partial charge in [-0.15, -0.1) is 11.8 Å². The molecule has 2 N–H and O–H groups in total. The summed E-state index contributed by atoms with van der Waals surface area (Å²) in [7, 11) is 0. The van der Waals surface area contributed by atoms with Crippen LogP contribution in [0.4, 0.5) is 4.79 Å². The van der Waals surface area contributed by atoms with E-state index in [0.29, 0.717) is 5.75 Å². The summed E-state index contributed by atoms with van der Waals surface area (Å²) in [6, 6.07) is -0.793. The van der Waals surface area contributed by atoms with Crippen molar-refractivity contribution in [2.24, 2.45) is 5.92 Å². The molecule has 108 valence electrons. The Labute approximate surface area is 118 Å². The number of rotatable bonds is 5. The van der Waals surface area contributed by atoms with E-state index >= 15 is 0 Å². The average molecular weight is 286 g/mol. The van der Waals surface area contributed by atoms with Gasteiger partial charge in [-0.2, -0.15) is 0 Å². The summed E-state index contributed by atoms with van der Waals surface area (Å²) in [6.07, 6.45) is 4.30. The molecular weight excluding hydrogens is 264 g/mol. The molecule has 1 aliphatic heterocycles. The first kappa shape index (κ1) is 14.5. The molecule has 0 bridgehead atoms. The molecule has 0 spiro atoms. The van der Waals surface area contributed by atoms with Crippen molar-refractivity contribution in [3.8, 4) is 0 Å². The minimum Gasteiger partial charge on any atom is -0.480 e. The van der Waals surface area contributed by atoms with E-state index < -0.39 is 12.0 Å². The normalized spacial score (nSPS) is 28.2. The standard InChI is InChI=1S/C13H22N2O3S/c1-3-11-15(10(7-19-11)12(16)17)13(18)14-8(2)6-9-4-5-9/h8-11H,3-7H2,1-2H3,(H,14,18)(H,16,17). The van der Waals surface area contributed by atoms with E-state index in [2.05, 4.69) is 5.32 Å². The summed E-state index contributed by atoms with van der Waals surface area (Å²) in [5.74, 6) is 0.326. The maximum atomic E-state index is 12.3. The zero-order valence-electron chi connectivity index (χ0n) is 11.5. The molecule has 2 fully saturated rings. The Kier molecular flexibility index (Phi) is 4.60. The second-order valence-electron chi connectivity index (χ2n) is 5.49. The minimum atomic E-state index is -0.909. The van der Waals surface area contributed by atoms with Crippen molar-refractivity contribution in [2.75, 3.05) is 5.75 Å². The van der Waals surface area contributed by atoms with Crippen LogP contribution in [0.5, 0.6) is 0 Å². The highest BCUT2D eigenvalue weighted by Crippen LogP contribution is 2.34. The van der Waals surface area contributed by atoms with Crippen molar-refractivity contribution < 1.29 is 14.7 Å². The molecular formula is C13H22N2O3S. The molecule has 1 saturated heterocycles. The molecule has 1 saturated carbocycles. The lowest BCUT2D eigenvalue weighted by Crippen LogP contribution is -2.52. The number of amides is 2. The lowest BCUT2D eigenvalue weighted by molar-refractivity contribution is -0.141. The Morgan fingerprint density at radius 3 is 2.68 bits per heavy atom. The van der Waals surface area contributed by atoms with Gasteiger partial charge in [0.15, 0.2) is 0 Å². The zero-order valence-corrected chi connectivity index (χ0v) is 12.3. The number of urea groups is 1. The maximum absolute atomic E-state index is 12.3. The third-order valence-corrected chi connectivity index (χ3v) is 5.17. The van der Waals surface area contributed by atoms with Gasteiger partial charge >= 0.3 is 12.0 Å². The van der Waals surface area contributed by atoms with Crippen LogP contribution in [0, 0.1) is 5.92 Å². The van der Waals surface area contributed by atoms with Gasteiger partial charge in [0, 0.05) is 11.8 Å². The van der Waals surface area contributed by atoms with Gasteiger partial charge in [-0.25, -0.2) is 9.59 Å². The quantitative estimate of drug-likeness (QED) is 0.812. The molecule has 0 aromatic carbocycles. The van der Waals surface area contributed by atoms with Gasteiger partial charge in [0.2, 0.25) is 0 Å². The van der Waals surface area contributed by atoms with Gasteiger partial charge in [-0.05, 0) is 25.7 Å². The van der Waals surface area contributed by atoms with Crippen molar-refractivity contribution in [2.45, 2.75) is 57.0 Å². The van der Waals surface area contributed by atoms with Crippen LogP contribution in [0.15, 0.2) is 0 Å². The molecule has 2 rings (SSSR count). The lowest BCUT2D eigenvalue weighted by Gasteiger charge is -2.28. The predicted octanol–water partition coefficient (Wildman–Crippen LogP) is 2.12. The number of carboxylic acids is 1. The lowest BCUT2D eigenvalue weighted by atomic mass is 10.1. The fraction of sp³-hybridized carbons (Fsp3) is 0.846. The molecule has 3 unspecified atom stereocenters. The van der Waals surface area contributed by atoms with E-state index in [-0.39, 0.29) is 17.4 Å². The van der Waals surface area contributed by atoms with Crippen molar-refractivity contribution in [3.05, 3.63) is 0 Å². The van der Waals surface area contributed by atoms with E-state index in [0.717, 1.165) is 18.8 Å². The van der Waals surface area contributed by atoms with Gasteiger partial charge in [-0.3, -0.25) is 4.90 Å². The van der Waals surface area contributed by atoms with Crippen molar-refractivity contribution >= 4 is 23.8 Å². The van der Waals surface area contributed by atoms with Crippen molar-refractivity contribution in [3.63, 3.8) is 0 Å². The van der Waals surface area contributed by atoms with Crippen LogP contribution in [0.3, 0.4) is 0 Å². The van der Waals surface area contributed by atoms with Gasteiger partial charge < -0.3 is 10.4 Å². The molecule has 1 heterocycles. The first-order chi connectivity index (χ1) is 9.02. The van der Waals surface area contributed by atoms with E-state index in [1.807, 2.05) is 13.8 Å². The molecule has 6 heteroatoms. The van der Waals surface area contributed by atoms with Crippen LogP contribution in [-0.4, -0.2) is 45.2 Å². The van der Waals surface area contributed by atoms with Gasteiger partial charge in [-0.1, -0.05) is 19.8 Å². The number of carboxylic acid groups (broad SMARTS) is 1. The number of hydrogen-bond acceptors (Lipinski definition) is 3. The summed E-state index contributed by atoms with van der Waals surface area (Å²) >= 11 is 1.55. The summed E-state index contributed by atoms with van der Waals surface area (Å²) in [5, 5.41) is 12.1. The van der Waals surface area contributed by atoms with Crippen LogP contribution in [0.25, 0.3) is 0 Å². The molecule has 2 aliphatic rings. The third kappa shape index (κ3) is 3.55. The van der Waals surface area contributed by atoms with Crippen LogP contribution in [-0.2, 0) is 4.79 Å². The number of nitrogens with one attached hydrogen (secondary N) is 1. The zero-order chi connectivity index (χ0) is 14.0. The monoisotopic (exact) mass is 286 g/mol. The first-order valence-corrected chi connectivity index (χ1v) is 8.01. The highest BCUT2D eigenvalue weighted by atomic mass is 32.2. The maximum Gasteiger partial charge on any atom is 0.327 e. The van der Waals surface area contributed by atoms with E-state index in [9.17, 15) is 14.7 Å². The molecule has 0 aromatic rings. The second-order valence-corrected chi connectivity index (χ2v) is 6.70. The van der Waals surface area contributed by atoms with Crippen LogP contribution < -0.4 is 5.32 Å². The number of carbonyl (C=O) groups is 2. The smallest absolute Gasteiger partial charge is 0.327 e. The highest BCUT2D eigenvalue weighted by Gasteiger charge is 2.41. The summed E-state index contributed by atoms with van der Waals surface area (Å²) in [4.78, 5) is 25.0. The molecule has 0 radical (unpaired) electrons. The molecule has 5 nitrogen and oxygen atoms in total. The minimum absolute atomic E-state index is 0.0192. The number of thioether (sulfide) groups is 1. The molecule has 2 amide bonds. The Hall–Kier alpha value is -0.910. The van der Waals surface area contributed by atoms with Crippen LogP contribution in [0.2, 0.25) is 0 Å². The average Bonchev–Trinajstić information content (AvgIpc) is 3.03. The summed E-state index contributed by atoms with van der Waals surface area (Å²) in [5.41, 5.74) is 0. The van der Waals surface area contributed by atoms with E-state index in [1.165, 1.54) is 17.7 Å². The Morgan fingerprint density at radius 1 is 1.47 bits per heavy atom. The topological polar surface area (TPSA) is 69.6 Å². The summed E-state index contributed by atoms with van der Waals surface area (Å²) in [6.45, 7) is 3.98. The fourth-order valence-corrected chi connectivity index (χ4v) is 3.89. The van der Waals surface area contributed by atoms with E-state index in [1.54, 1.807) is 11.8 Å². The van der Waals surface area contributed by atoms with Crippen LogP contribution >= 0.6 is 11.8 Å². The first-order valence-electron chi connectivity index (χ1n) is 6.96. The van der Waals surface area contributed by atoms with Crippen molar-refractivity contribution in [1.29, 1.82) is 0 Å². The highest BCUT2D eigenvalue weighted by molar-refractivity contribution is 8.00. The van der Waals surface area contributed by atoms with Crippen molar-refractivity contribution in [1.82, 2.24) is 10.2 Å². The number of aliphatic carboxylic acids is 1. The number of hydrogen-bond donors (Lipinski definition) is 2. The molecule has 1 aliphatic carbocycles. The fourth-order valence-electron chi connectivity index (χ4n) is 2.54.